The van der Waals surface area contributed by atoms with Gasteiger partial charge in [0.1, 0.15) is 0 Å². The first-order valence-corrected chi connectivity index (χ1v) is 19.4. The van der Waals surface area contributed by atoms with E-state index in [1.165, 1.54) is 0 Å². The second kappa shape index (κ2) is 14.3. The van der Waals surface area contributed by atoms with E-state index < -0.39 is 0 Å². The number of para-hydroxylation sites is 2. The number of nitrogens with zero attached hydrogens (tertiary/aromatic N) is 8. The number of hydrogen-bond donors (Lipinski definition) is 0. The Morgan fingerprint density at radius 2 is 0.885 bits per heavy atom. The Balaban J connectivity index is 1.34. The fraction of sp³-hybridized carbons (Fsp3) is 0.0189. The molecule has 280 valence electrons. The van der Waals surface area contributed by atoms with Crippen LogP contribution in [0, 0.1) is 63.6 Å². The standard InChI is InChI=1S/C53H28N8/c1-32-7-6-10-46(59-32)53-51(60-47-11-4-2-8-42(47)44-19-15-36(25-49(44)60)40-17-13-33(27-54)21-38(40)30-57)23-35(29-56)24-52(53)61-48-12-5-3-9-43(48)45-20-16-37(26-50(45)61)41-18-14-34(28-55)22-39(41)31-58/h2-26H,1H3. The van der Waals surface area contributed by atoms with Crippen molar-refractivity contribution in [2.24, 2.45) is 0 Å². The van der Waals surface area contributed by atoms with Crippen molar-refractivity contribution in [3.63, 3.8) is 0 Å². The summed E-state index contributed by atoms with van der Waals surface area (Å²) in [5, 5.41) is 54.3. The maximum atomic E-state index is 10.8. The number of pyridine rings is 1. The molecule has 7 aromatic carbocycles. The Morgan fingerprint density at radius 3 is 1.34 bits per heavy atom. The summed E-state index contributed by atoms with van der Waals surface area (Å²) < 4.78 is 4.37. The lowest BCUT2D eigenvalue weighted by Crippen LogP contribution is -2.06. The van der Waals surface area contributed by atoms with Crippen molar-refractivity contribution in [3.05, 3.63) is 185 Å². The molecule has 0 radical (unpaired) electrons. The molecule has 0 aliphatic rings. The third-order valence-corrected chi connectivity index (χ3v) is 11.4. The smallest absolute Gasteiger partial charge is 0.0998 e. The molecule has 0 spiro atoms. The predicted molar refractivity (Wildman–Crippen MR) is 238 cm³/mol. The maximum absolute atomic E-state index is 10.8. The number of hydrogen-bond acceptors (Lipinski definition) is 6. The van der Waals surface area contributed by atoms with Gasteiger partial charge in [-0.15, -0.1) is 0 Å². The maximum Gasteiger partial charge on any atom is 0.0998 e. The van der Waals surface area contributed by atoms with Gasteiger partial charge in [-0.05, 0) is 102 Å². The highest BCUT2D eigenvalue weighted by Crippen LogP contribution is 2.44. The minimum Gasteiger partial charge on any atom is -0.308 e. The first-order chi connectivity index (χ1) is 29.9. The molecule has 8 heteroatoms. The molecule has 3 heterocycles. The van der Waals surface area contributed by atoms with E-state index in [9.17, 15) is 26.3 Å². The predicted octanol–water partition coefficient (Wildman–Crippen LogP) is 11.9. The van der Waals surface area contributed by atoms with E-state index in [2.05, 4.69) is 88.0 Å². The Hall–Kier alpha value is -9.26. The second-order valence-electron chi connectivity index (χ2n) is 14.8. The summed E-state index contributed by atoms with van der Waals surface area (Å²) in [6, 6.07) is 60.0. The average Bonchev–Trinajstić information content (AvgIpc) is 3.82. The molecule has 0 N–H and O–H groups in total. The minimum atomic E-state index is 0.396. The van der Waals surface area contributed by atoms with Crippen LogP contribution in [0.3, 0.4) is 0 Å². The molecule has 0 fully saturated rings. The lowest BCUT2D eigenvalue weighted by atomic mass is 9.97. The van der Waals surface area contributed by atoms with Crippen LogP contribution in [0.1, 0.15) is 33.5 Å². The molecule has 0 unspecified atom stereocenters. The van der Waals surface area contributed by atoms with E-state index in [1.54, 1.807) is 24.3 Å². The fourth-order valence-corrected chi connectivity index (χ4v) is 8.69. The summed E-state index contributed by atoms with van der Waals surface area (Å²) in [5.41, 5.74) is 12.4. The van der Waals surface area contributed by atoms with Crippen molar-refractivity contribution >= 4 is 43.6 Å². The number of benzene rings is 7. The monoisotopic (exact) mass is 776 g/mol. The summed E-state index contributed by atoms with van der Waals surface area (Å²) in [6.45, 7) is 1.96. The van der Waals surface area contributed by atoms with Crippen LogP contribution in [0.5, 0.6) is 0 Å². The molecule has 10 rings (SSSR count). The first-order valence-electron chi connectivity index (χ1n) is 19.4. The molecule has 3 aromatic heterocycles. The van der Waals surface area contributed by atoms with Gasteiger partial charge in [-0.2, -0.15) is 26.3 Å². The summed E-state index contributed by atoms with van der Waals surface area (Å²) in [4.78, 5) is 5.13. The molecule has 0 atom stereocenters. The number of fused-ring (bicyclic) bond motifs is 6. The van der Waals surface area contributed by atoms with Gasteiger partial charge in [0.25, 0.3) is 0 Å². The van der Waals surface area contributed by atoms with Gasteiger partial charge in [0.05, 0.1) is 97.3 Å². The largest absolute Gasteiger partial charge is 0.308 e. The highest BCUT2D eigenvalue weighted by Gasteiger charge is 2.25. The normalized spacial score (nSPS) is 11.0. The van der Waals surface area contributed by atoms with Crippen LogP contribution < -0.4 is 0 Å². The number of aromatic nitrogens is 3. The number of nitriles is 5. The Morgan fingerprint density at radius 1 is 0.410 bits per heavy atom. The van der Waals surface area contributed by atoms with Crippen molar-refractivity contribution in [1.82, 2.24) is 14.1 Å². The van der Waals surface area contributed by atoms with Gasteiger partial charge in [0.15, 0.2) is 0 Å². The van der Waals surface area contributed by atoms with Gasteiger partial charge < -0.3 is 9.13 Å². The van der Waals surface area contributed by atoms with Crippen molar-refractivity contribution in [2.75, 3.05) is 0 Å². The van der Waals surface area contributed by atoms with Crippen molar-refractivity contribution < 1.29 is 0 Å². The third kappa shape index (κ3) is 5.75. The summed E-state index contributed by atoms with van der Waals surface area (Å²) in [5.74, 6) is 0. The van der Waals surface area contributed by atoms with Crippen LogP contribution in [-0.4, -0.2) is 14.1 Å². The van der Waals surface area contributed by atoms with Crippen molar-refractivity contribution in [1.29, 1.82) is 26.3 Å². The zero-order chi connectivity index (χ0) is 41.8. The Bertz CT molecular complexity index is 3520. The lowest BCUT2D eigenvalue weighted by molar-refractivity contribution is 1.11. The minimum absolute atomic E-state index is 0.396. The average molecular weight is 777 g/mol. The fourth-order valence-electron chi connectivity index (χ4n) is 8.69. The molecule has 8 nitrogen and oxygen atoms in total. The zero-order valence-electron chi connectivity index (χ0n) is 32.5. The third-order valence-electron chi connectivity index (χ3n) is 11.4. The molecule has 0 saturated heterocycles. The molecule has 0 amide bonds. The van der Waals surface area contributed by atoms with Gasteiger partial charge in [0.2, 0.25) is 0 Å². The van der Waals surface area contributed by atoms with E-state index in [4.69, 9.17) is 4.98 Å². The molecular formula is C53H28N8. The van der Waals surface area contributed by atoms with Crippen LogP contribution in [-0.2, 0) is 0 Å². The molecule has 10 aromatic rings. The lowest BCUT2D eigenvalue weighted by Gasteiger charge is -2.21. The summed E-state index contributed by atoms with van der Waals surface area (Å²) in [7, 11) is 0. The van der Waals surface area contributed by atoms with Crippen LogP contribution in [0.4, 0.5) is 0 Å². The number of aryl methyl sites for hydroxylation is 1. The van der Waals surface area contributed by atoms with Gasteiger partial charge in [-0.25, -0.2) is 0 Å². The first kappa shape index (κ1) is 36.1. The quantitative estimate of drug-likeness (QED) is 0.170. The van der Waals surface area contributed by atoms with E-state index >= 15 is 0 Å². The Kier molecular flexibility index (Phi) is 8.46. The summed E-state index contributed by atoms with van der Waals surface area (Å²) in [6.07, 6.45) is 0. The van der Waals surface area contributed by atoms with Crippen molar-refractivity contribution in [3.8, 4) is 75.2 Å². The van der Waals surface area contributed by atoms with Crippen molar-refractivity contribution in [2.45, 2.75) is 6.92 Å². The van der Waals surface area contributed by atoms with E-state index in [0.29, 0.717) is 44.6 Å². The van der Waals surface area contributed by atoms with Gasteiger partial charge in [-0.3, -0.25) is 4.98 Å². The van der Waals surface area contributed by atoms with E-state index in [0.717, 1.165) is 77.4 Å². The van der Waals surface area contributed by atoms with Crippen LogP contribution in [0.15, 0.2) is 152 Å². The summed E-state index contributed by atoms with van der Waals surface area (Å²) >= 11 is 0. The topological polar surface area (TPSA) is 142 Å². The molecule has 0 saturated carbocycles. The van der Waals surface area contributed by atoms with E-state index in [-0.39, 0.29) is 0 Å². The van der Waals surface area contributed by atoms with Gasteiger partial charge in [0, 0.05) is 32.8 Å². The van der Waals surface area contributed by atoms with Gasteiger partial charge in [-0.1, -0.05) is 78.9 Å². The molecule has 0 bridgehead atoms. The Labute approximate surface area is 350 Å². The highest BCUT2D eigenvalue weighted by atomic mass is 15.0. The van der Waals surface area contributed by atoms with E-state index in [1.807, 2.05) is 85.8 Å². The second-order valence-corrected chi connectivity index (χ2v) is 14.8. The van der Waals surface area contributed by atoms with Gasteiger partial charge >= 0.3 is 0 Å². The SMILES string of the molecule is Cc1cccc(-c2c(-n3c4ccccc4c4ccc(-c5ccc(C#N)cc5C#N)cc43)cc(C#N)cc2-n2c3ccccc3c3ccc(-c4ccc(C#N)cc4C#N)cc32)n1. The molecule has 0 aliphatic carbocycles. The number of rotatable bonds is 5. The molecule has 61 heavy (non-hydrogen) atoms. The molecule has 0 aliphatic heterocycles. The highest BCUT2D eigenvalue weighted by molar-refractivity contribution is 6.13. The van der Waals surface area contributed by atoms with Crippen LogP contribution >= 0.6 is 0 Å². The van der Waals surface area contributed by atoms with Crippen LogP contribution in [0.25, 0.3) is 88.5 Å². The molecular weight excluding hydrogens is 749 g/mol. The van der Waals surface area contributed by atoms with Crippen LogP contribution in [0.2, 0.25) is 0 Å². The zero-order valence-corrected chi connectivity index (χ0v) is 32.5.